The molecule has 0 spiro atoms. The van der Waals surface area contributed by atoms with Crippen molar-refractivity contribution in [2.24, 2.45) is 4.99 Å². The van der Waals surface area contributed by atoms with Crippen LogP contribution in [0, 0.1) is 0 Å². The Labute approximate surface area is 141 Å². The number of guanidine groups is 1. The van der Waals surface area contributed by atoms with Crippen LogP contribution in [-0.2, 0) is 11.3 Å². The van der Waals surface area contributed by atoms with Crippen LogP contribution in [0.25, 0.3) is 4.96 Å². The maximum atomic E-state index is 5.73. The van der Waals surface area contributed by atoms with E-state index in [9.17, 15) is 0 Å². The number of aromatic nitrogens is 2. The van der Waals surface area contributed by atoms with Crippen molar-refractivity contribution in [3.8, 4) is 0 Å². The minimum absolute atomic E-state index is 0.402. The molecule has 0 radical (unpaired) electrons. The van der Waals surface area contributed by atoms with Crippen LogP contribution < -0.4 is 5.32 Å². The number of imidazole rings is 1. The van der Waals surface area contributed by atoms with Gasteiger partial charge in [0, 0.05) is 44.0 Å². The van der Waals surface area contributed by atoms with Crippen molar-refractivity contribution in [2.45, 2.75) is 39.3 Å². The lowest BCUT2D eigenvalue weighted by Crippen LogP contribution is -2.47. The molecule has 2 aromatic heterocycles. The van der Waals surface area contributed by atoms with Gasteiger partial charge in [-0.05, 0) is 26.7 Å². The van der Waals surface area contributed by atoms with Crippen molar-refractivity contribution >= 4 is 22.3 Å². The summed E-state index contributed by atoms with van der Waals surface area (Å²) in [5.41, 5.74) is 1.01. The minimum Gasteiger partial charge on any atom is -0.378 e. The highest BCUT2D eigenvalue weighted by atomic mass is 32.1. The Kier molecular flexibility index (Phi) is 5.51. The van der Waals surface area contributed by atoms with Crippen molar-refractivity contribution in [1.29, 1.82) is 0 Å². The number of ether oxygens (including phenoxy) is 1. The smallest absolute Gasteiger partial charge is 0.194 e. The first-order valence-corrected chi connectivity index (χ1v) is 9.24. The van der Waals surface area contributed by atoms with Gasteiger partial charge in [-0.25, -0.2) is 9.98 Å². The molecule has 0 bridgehead atoms. The molecule has 1 fully saturated rings. The van der Waals surface area contributed by atoms with Gasteiger partial charge in [0.2, 0.25) is 0 Å². The number of rotatable bonds is 5. The quantitative estimate of drug-likeness (QED) is 0.673. The molecule has 1 N–H and O–H groups in total. The van der Waals surface area contributed by atoms with E-state index in [2.05, 4.69) is 39.6 Å². The standard InChI is InChI=1S/C16H25N5OS/c1-3-17-15(20-7-5-14(6-8-20)22-4-2)18-11-13-12-21-9-10-23-16(21)19-13/h9-10,12,14H,3-8,11H2,1-2H3,(H,17,18). The van der Waals surface area contributed by atoms with Crippen LogP contribution in [0.5, 0.6) is 0 Å². The molecule has 0 unspecified atom stereocenters. The lowest BCUT2D eigenvalue weighted by molar-refractivity contribution is 0.0263. The third kappa shape index (κ3) is 4.03. The number of nitrogens with zero attached hydrogens (tertiary/aromatic N) is 4. The summed E-state index contributed by atoms with van der Waals surface area (Å²) in [6, 6.07) is 0. The van der Waals surface area contributed by atoms with Gasteiger partial charge in [-0.3, -0.25) is 4.40 Å². The molecular weight excluding hydrogens is 310 g/mol. The Morgan fingerprint density at radius 2 is 2.26 bits per heavy atom. The molecule has 3 heterocycles. The highest BCUT2D eigenvalue weighted by molar-refractivity contribution is 7.15. The molecule has 126 valence electrons. The average Bonchev–Trinajstić information content (AvgIpc) is 3.14. The molecule has 0 amide bonds. The Bertz CT molecular complexity index is 613. The van der Waals surface area contributed by atoms with E-state index in [1.165, 1.54) is 0 Å². The zero-order valence-corrected chi connectivity index (χ0v) is 14.7. The zero-order valence-electron chi connectivity index (χ0n) is 13.9. The van der Waals surface area contributed by atoms with Crippen molar-refractivity contribution in [2.75, 3.05) is 26.2 Å². The number of hydrogen-bond acceptors (Lipinski definition) is 4. The highest BCUT2D eigenvalue weighted by Crippen LogP contribution is 2.15. The van der Waals surface area contributed by atoms with Crippen LogP contribution in [-0.4, -0.2) is 52.6 Å². The Hall–Kier alpha value is -1.60. The summed E-state index contributed by atoms with van der Waals surface area (Å²) < 4.78 is 7.78. The summed E-state index contributed by atoms with van der Waals surface area (Å²) in [4.78, 5) is 12.7. The predicted octanol–water partition coefficient (Wildman–Crippen LogP) is 2.36. The molecular formula is C16H25N5OS. The molecule has 7 heteroatoms. The first kappa shape index (κ1) is 16.3. The average molecular weight is 335 g/mol. The number of likely N-dealkylation sites (tertiary alicyclic amines) is 1. The van der Waals surface area contributed by atoms with Crippen LogP contribution in [0.15, 0.2) is 22.8 Å². The Morgan fingerprint density at radius 1 is 1.43 bits per heavy atom. The van der Waals surface area contributed by atoms with E-state index in [0.29, 0.717) is 12.6 Å². The monoisotopic (exact) mass is 335 g/mol. The zero-order chi connectivity index (χ0) is 16.1. The third-order valence-corrected chi connectivity index (χ3v) is 4.78. The van der Waals surface area contributed by atoms with Gasteiger partial charge in [0.1, 0.15) is 0 Å². The van der Waals surface area contributed by atoms with Gasteiger partial charge < -0.3 is 15.0 Å². The summed E-state index contributed by atoms with van der Waals surface area (Å²) in [5.74, 6) is 0.985. The van der Waals surface area contributed by atoms with Crippen molar-refractivity contribution in [3.05, 3.63) is 23.5 Å². The van der Waals surface area contributed by atoms with E-state index in [4.69, 9.17) is 9.73 Å². The van der Waals surface area contributed by atoms with Gasteiger partial charge in [0.25, 0.3) is 0 Å². The summed E-state index contributed by atoms with van der Waals surface area (Å²) in [6.07, 6.45) is 6.63. The van der Waals surface area contributed by atoms with Crippen molar-refractivity contribution in [3.63, 3.8) is 0 Å². The second-order valence-electron chi connectivity index (χ2n) is 5.64. The topological polar surface area (TPSA) is 54.2 Å². The van der Waals surface area contributed by atoms with Crippen LogP contribution >= 0.6 is 11.3 Å². The lowest BCUT2D eigenvalue weighted by Gasteiger charge is -2.34. The van der Waals surface area contributed by atoms with Gasteiger partial charge in [0.15, 0.2) is 10.9 Å². The fourth-order valence-electron chi connectivity index (χ4n) is 2.90. The molecule has 6 nitrogen and oxygen atoms in total. The van der Waals surface area contributed by atoms with E-state index in [-0.39, 0.29) is 0 Å². The van der Waals surface area contributed by atoms with Crippen LogP contribution in [0.3, 0.4) is 0 Å². The summed E-state index contributed by atoms with van der Waals surface area (Å²) in [5, 5.41) is 5.44. The van der Waals surface area contributed by atoms with E-state index in [1.807, 2.05) is 11.6 Å². The van der Waals surface area contributed by atoms with Crippen LogP contribution in [0.2, 0.25) is 0 Å². The lowest BCUT2D eigenvalue weighted by atomic mass is 10.1. The maximum Gasteiger partial charge on any atom is 0.194 e. The van der Waals surface area contributed by atoms with E-state index >= 15 is 0 Å². The Morgan fingerprint density at radius 3 is 2.96 bits per heavy atom. The third-order valence-electron chi connectivity index (χ3n) is 4.01. The molecule has 0 saturated carbocycles. The number of nitrogens with one attached hydrogen (secondary N) is 1. The molecule has 0 aliphatic carbocycles. The normalized spacial score (nSPS) is 17.1. The molecule has 0 aromatic carbocycles. The highest BCUT2D eigenvalue weighted by Gasteiger charge is 2.21. The first-order valence-electron chi connectivity index (χ1n) is 8.36. The second-order valence-corrected chi connectivity index (χ2v) is 6.51. The van der Waals surface area contributed by atoms with Crippen molar-refractivity contribution in [1.82, 2.24) is 19.6 Å². The van der Waals surface area contributed by atoms with Gasteiger partial charge in [0.05, 0.1) is 18.3 Å². The predicted molar refractivity (Wildman–Crippen MR) is 94.1 cm³/mol. The van der Waals surface area contributed by atoms with E-state index in [1.54, 1.807) is 11.3 Å². The van der Waals surface area contributed by atoms with E-state index < -0.39 is 0 Å². The molecule has 0 atom stereocenters. The fourth-order valence-corrected chi connectivity index (χ4v) is 3.62. The summed E-state index contributed by atoms with van der Waals surface area (Å²) in [6.45, 7) is 8.45. The van der Waals surface area contributed by atoms with Crippen LogP contribution in [0.1, 0.15) is 32.4 Å². The van der Waals surface area contributed by atoms with Gasteiger partial charge in [-0.2, -0.15) is 0 Å². The van der Waals surface area contributed by atoms with Gasteiger partial charge >= 0.3 is 0 Å². The first-order chi connectivity index (χ1) is 11.3. The number of piperidine rings is 1. The second kappa shape index (κ2) is 7.79. The molecule has 1 aliphatic rings. The van der Waals surface area contributed by atoms with Crippen LogP contribution in [0.4, 0.5) is 0 Å². The van der Waals surface area contributed by atoms with E-state index in [0.717, 1.165) is 55.7 Å². The van der Waals surface area contributed by atoms with Crippen molar-refractivity contribution < 1.29 is 4.74 Å². The number of aliphatic imine (C=N–C) groups is 1. The van der Waals surface area contributed by atoms with Gasteiger partial charge in [-0.15, -0.1) is 11.3 Å². The van der Waals surface area contributed by atoms with Gasteiger partial charge in [-0.1, -0.05) is 0 Å². The number of thiazole rings is 1. The molecule has 1 aliphatic heterocycles. The molecule has 23 heavy (non-hydrogen) atoms. The molecule has 1 saturated heterocycles. The minimum atomic E-state index is 0.402. The number of hydrogen-bond donors (Lipinski definition) is 1. The molecule has 3 rings (SSSR count). The molecule has 2 aromatic rings. The largest absolute Gasteiger partial charge is 0.378 e. The Balaban J connectivity index is 1.62. The number of fused-ring (bicyclic) bond motifs is 1. The fraction of sp³-hybridized carbons (Fsp3) is 0.625. The summed E-state index contributed by atoms with van der Waals surface area (Å²) >= 11 is 1.65. The maximum absolute atomic E-state index is 5.73. The summed E-state index contributed by atoms with van der Waals surface area (Å²) in [7, 11) is 0. The SMILES string of the molecule is CCNC(=NCc1cn2ccsc2n1)N1CCC(OCC)CC1.